The Kier molecular flexibility index (Phi) is 5.02. The zero-order chi connectivity index (χ0) is 12.9. The molecule has 5 nitrogen and oxygen atoms in total. The average Bonchev–Trinajstić information content (AvgIpc) is 2.27. The topological polar surface area (TPSA) is 76.7 Å². The number of ether oxygens (including phenoxy) is 1. The average molecular weight is 257 g/mol. The monoisotopic (exact) mass is 257 g/mol. The number of esters is 1. The summed E-state index contributed by atoms with van der Waals surface area (Å²) in [6.07, 6.45) is 3.22. The van der Waals surface area contributed by atoms with Crippen molar-refractivity contribution >= 4 is 22.9 Å². The Bertz CT molecular complexity index is 340. The van der Waals surface area contributed by atoms with E-state index in [0.717, 1.165) is 5.17 Å². The highest BCUT2D eigenvalue weighted by molar-refractivity contribution is 8.13. The van der Waals surface area contributed by atoms with E-state index in [-0.39, 0.29) is 12.1 Å². The summed E-state index contributed by atoms with van der Waals surface area (Å²) in [6, 6.07) is 0. The first-order valence-corrected chi connectivity index (χ1v) is 6.51. The van der Waals surface area contributed by atoms with Crippen LogP contribution in [0.25, 0.3) is 0 Å². The minimum absolute atomic E-state index is 0.191. The maximum Gasteiger partial charge on any atom is 0.312 e. The Morgan fingerprint density at radius 2 is 2.41 bits per heavy atom. The molecule has 1 heterocycles. The van der Waals surface area contributed by atoms with E-state index in [1.54, 1.807) is 19.2 Å². The molecule has 1 rings (SSSR count). The molecule has 0 fully saturated rings. The Morgan fingerprint density at radius 1 is 1.71 bits per heavy atom. The Hall–Kier alpha value is -1.01. The molecule has 0 aromatic rings. The van der Waals surface area contributed by atoms with Crippen molar-refractivity contribution < 1.29 is 9.53 Å². The predicted molar refractivity (Wildman–Crippen MR) is 70.6 cm³/mol. The molecule has 1 aliphatic rings. The van der Waals surface area contributed by atoms with Gasteiger partial charge in [0.15, 0.2) is 5.17 Å². The van der Waals surface area contributed by atoms with Crippen LogP contribution in [0.5, 0.6) is 0 Å². The number of carbonyl (C=O) groups is 1. The van der Waals surface area contributed by atoms with Gasteiger partial charge in [-0.2, -0.15) is 0 Å². The molecule has 17 heavy (non-hydrogen) atoms. The summed E-state index contributed by atoms with van der Waals surface area (Å²) in [5.41, 5.74) is 5.12. The number of nitrogens with zero attached hydrogens (tertiary/aromatic N) is 1. The number of nitrogens with two attached hydrogens (primary N) is 1. The van der Waals surface area contributed by atoms with Crippen LogP contribution in [0.15, 0.2) is 17.3 Å². The second-order valence-corrected chi connectivity index (χ2v) is 5.29. The van der Waals surface area contributed by atoms with Gasteiger partial charge in [0, 0.05) is 12.0 Å². The van der Waals surface area contributed by atoms with Crippen LogP contribution in [0.1, 0.15) is 20.8 Å². The normalized spacial score (nSPS) is 19.5. The number of carbonyl (C=O) groups excluding carboxylic acids is 1. The van der Waals surface area contributed by atoms with Crippen LogP contribution in [0.3, 0.4) is 0 Å². The van der Waals surface area contributed by atoms with Crippen LogP contribution >= 0.6 is 11.8 Å². The zero-order valence-electron chi connectivity index (χ0n) is 10.4. The van der Waals surface area contributed by atoms with Crippen LogP contribution in [0, 0.1) is 5.41 Å². The van der Waals surface area contributed by atoms with E-state index in [0.29, 0.717) is 12.4 Å². The SMILES string of the molecule is CCOC(=O)C(C)(C)CSC1=NC(N)C=CN1. The second kappa shape index (κ2) is 6.07. The van der Waals surface area contributed by atoms with Crippen molar-refractivity contribution in [3.05, 3.63) is 12.3 Å². The summed E-state index contributed by atoms with van der Waals surface area (Å²) in [7, 11) is 0. The summed E-state index contributed by atoms with van der Waals surface area (Å²) in [4.78, 5) is 15.9. The summed E-state index contributed by atoms with van der Waals surface area (Å²) >= 11 is 1.47. The van der Waals surface area contributed by atoms with E-state index in [2.05, 4.69) is 10.3 Å². The van der Waals surface area contributed by atoms with Crippen molar-refractivity contribution in [3.63, 3.8) is 0 Å². The van der Waals surface area contributed by atoms with Crippen LogP contribution in [0.4, 0.5) is 0 Å². The molecule has 0 saturated carbocycles. The summed E-state index contributed by atoms with van der Waals surface area (Å²) in [5.74, 6) is 0.404. The molecule has 0 aromatic heterocycles. The molecule has 3 N–H and O–H groups in total. The lowest BCUT2D eigenvalue weighted by atomic mass is 9.97. The van der Waals surface area contributed by atoms with E-state index in [1.165, 1.54) is 11.8 Å². The van der Waals surface area contributed by atoms with Gasteiger partial charge in [-0.15, -0.1) is 0 Å². The standard InChI is InChI=1S/C11H19N3O2S/c1-4-16-9(15)11(2,3)7-17-10-13-6-5-8(12)14-10/h5-6,8H,4,7,12H2,1-3H3,(H,13,14). The summed E-state index contributed by atoms with van der Waals surface area (Å²) in [5, 5.41) is 3.73. The summed E-state index contributed by atoms with van der Waals surface area (Å²) < 4.78 is 5.02. The highest BCUT2D eigenvalue weighted by Crippen LogP contribution is 2.24. The molecule has 0 amide bonds. The molecule has 0 spiro atoms. The maximum atomic E-state index is 11.7. The molecule has 96 valence electrons. The lowest BCUT2D eigenvalue weighted by molar-refractivity contribution is -0.152. The molecule has 0 aliphatic carbocycles. The van der Waals surface area contributed by atoms with Gasteiger partial charge in [0.05, 0.1) is 12.0 Å². The van der Waals surface area contributed by atoms with E-state index >= 15 is 0 Å². The zero-order valence-corrected chi connectivity index (χ0v) is 11.2. The number of hydrogen-bond donors (Lipinski definition) is 2. The van der Waals surface area contributed by atoms with Gasteiger partial charge in [0.1, 0.15) is 6.17 Å². The highest BCUT2D eigenvalue weighted by Gasteiger charge is 2.29. The number of nitrogens with one attached hydrogen (secondary N) is 1. The Labute approximate surface area is 106 Å². The van der Waals surface area contributed by atoms with Gasteiger partial charge >= 0.3 is 5.97 Å². The van der Waals surface area contributed by atoms with E-state index in [4.69, 9.17) is 10.5 Å². The van der Waals surface area contributed by atoms with Gasteiger partial charge in [-0.3, -0.25) is 4.79 Å². The van der Waals surface area contributed by atoms with Gasteiger partial charge in [-0.1, -0.05) is 11.8 Å². The number of rotatable bonds is 4. The molecular formula is C11H19N3O2S. The number of hydrogen-bond acceptors (Lipinski definition) is 6. The van der Waals surface area contributed by atoms with Gasteiger partial charge in [0.2, 0.25) is 0 Å². The molecule has 0 saturated heterocycles. The molecule has 1 atom stereocenters. The fourth-order valence-electron chi connectivity index (χ4n) is 1.15. The predicted octanol–water partition coefficient (Wildman–Crippen LogP) is 1.07. The number of thioether (sulfide) groups is 1. The molecular weight excluding hydrogens is 238 g/mol. The number of aliphatic imine (C=N–C) groups is 1. The molecule has 0 radical (unpaired) electrons. The van der Waals surface area contributed by atoms with Crippen LogP contribution in [0.2, 0.25) is 0 Å². The minimum atomic E-state index is -0.532. The van der Waals surface area contributed by atoms with E-state index in [9.17, 15) is 4.79 Å². The maximum absolute atomic E-state index is 11.7. The van der Waals surface area contributed by atoms with E-state index < -0.39 is 5.41 Å². The van der Waals surface area contributed by atoms with Crippen LogP contribution < -0.4 is 11.1 Å². The molecule has 1 aliphatic heterocycles. The van der Waals surface area contributed by atoms with Gasteiger partial charge in [0.25, 0.3) is 0 Å². The van der Waals surface area contributed by atoms with Crippen molar-refractivity contribution in [2.45, 2.75) is 26.9 Å². The first-order valence-electron chi connectivity index (χ1n) is 5.52. The third-order valence-corrected chi connectivity index (χ3v) is 3.53. The molecule has 0 bridgehead atoms. The number of amidine groups is 1. The fraction of sp³-hybridized carbons (Fsp3) is 0.636. The molecule has 1 unspecified atom stereocenters. The van der Waals surface area contributed by atoms with Crippen molar-refractivity contribution in [1.29, 1.82) is 0 Å². The van der Waals surface area contributed by atoms with Crippen molar-refractivity contribution in [1.82, 2.24) is 5.32 Å². The minimum Gasteiger partial charge on any atom is -0.466 e. The van der Waals surface area contributed by atoms with Crippen molar-refractivity contribution in [3.8, 4) is 0 Å². The first-order chi connectivity index (χ1) is 7.95. The lowest BCUT2D eigenvalue weighted by Gasteiger charge is -2.22. The highest BCUT2D eigenvalue weighted by atomic mass is 32.2. The Morgan fingerprint density at radius 3 is 3.00 bits per heavy atom. The largest absolute Gasteiger partial charge is 0.466 e. The molecule has 6 heteroatoms. The second-order valence-electron chi connectivity index (χ2n) is 4.32. The van der Waals surface area contributed by atoms with Gasteiger partial charge < -0.3 is 15.8 Å². The third-order valence-electron chi connectivity index (χ3n) is 2.16. The van der Waals surface area contributed by atoms with Crippen molar-refractivity contribution in [2.75, 3.05) is 12.4 Å². The quantitative estimate of drug-likeness (QED) is 0.737. The third kappa shape index (κ3) is 4.40. The lowest BCUT2D eigenvalue weighted by Crippen LogP contribution is -2.32. The van der Waals surface area contributed by atoms with Crippen molar-refractivity contribution in [2.24, 2.45) is 16.1 Å². The van der Waals surface area contributed by atoms with E-state index in [1.807, 2.05) is 13.8 Å². The molecule has 0 aromatic carbocycles. The Balaban J connectivity index is 2.47. The van der Waals surface area contributed by atoms with Gasteiger partial charge in [-0.05, 0) is 26.8 Å². The first kappa shape index (κ1) is 14.1. The van der Waals surface area contributed by atoms with Crippen LogP contribution in [-0.4, -0.2) is 29.7 Å². The smallest absolute Gasteiger partial charge is 0.312 e. The van der Waals surface area contributed by atoms with Crippen LogP contribution in [-0.2, 0) is 9.53 Å². The van der Waals surface area contributed by atoms with Gasteiger partial charge in [-0.25, -0.2) is 4.99 Å². The summed E-state index contributed by atoms with van der Waals surface area (Å²) in [6.45, 7) is 5.92. The fourth-order valence-corrected chi connectivity index (χ4v) is 2.11.